The fraction of sp³-hybridized carbons (Fsp3) is 0.718. The molecule has 16 nitrogen and oxygen atoms in total. The predicted octanol–water partition coefficient (Wildman–Crippen LogP) is 2.85. The van der Waals surface area contributed by atoms with Gasteiger partial charge in [-0.05, 0) is 36.5 Å². The average Bonchev–Trinajstić information content (AvgIpc) is 3.83. The van der Waals surface area contributed by atoms with Gasteiger partial charge in [0.25, 0.3) is 12.4 Å². The lowest BCUT2D eigenvalue weighted by Crippen LogP contribution is -2.72. The van der Waals surface area contributed by atoms with Gasteiger partial charge in [-0.15, -0.1) is 0 Å². The molecule has 16 heteroatoms. The maximum atomic E-state index is 14.0. The summed E-state index contributed by atoms with van der Waals surface area (Å²) in [5.74, 6) is -9.55. The first-order valence-electron chi connectivity index (χ1n) is 18.6. The van der Waals surface area contributed by atoms with Crippen molar-refractivity contribution in [2.75, 3.05) is 13.7 Å². The smallest absolute Gasteiger partial charge is 0.335 e. The van der Waals surface area contributed by atoms with Crippen LogP contribution in [0.5, 0.6) is 0 Å². The monoisotopic (exact) mass is 778 g/mol. The van der Waals surface area contributed by atoms with E-state index in [0.29, 0.717) is 12.0 Å². The number of esters is 4. The molecular formula is C39H54O16. The molecule has 0 unspecified atom stereocenters. The van der Waals surface area contributed by atoms with Crippen LogP contribution in [0.3, 0.4) is 0 Å². The van der Waals surface area contributed by atoms with E-state index in [-0.39, 0.29) is 31.5 Å². The Morgan fingerprint density at radius 1 is 1.07 bits per heavy atom. The third-order valence-electron chi connectivity index (χ3n) is 13.1. The van der Waals surface area contributed by atoms with Gasteiger partial charge in [-0.3, -0.25) is 19.2 Å². The topological polar surface area (TPSA) is 224 Å². The van der Waals surface area contributed by atoms with Gasteiger partial charge >= 0.3 is 23.9 Å². The molecule has 5 rings (SSSR count). The van der Waals surface area contributed by atoms with E-state index in [1.165, 1.54) is 19.6 Å². The van der Waals surface area contributed by atoms with E-state index in [1.54, 1.807) is 47.6 Å². The summed E-state index contributed by atoms with van der Waals surface area (Å²) in [6.45, 7) is 15.2. The van der Waals surface area contributed by atoms with Crippen molar-refractivity contribution in [2.45, 2.75) is 134 Å². The molecule has 3 N–H and O–H groups in total. The van der Waals surface area contributed by atoms with Crippen molar-refractivity contribution < 1.29 is 76.9 Å². The Balaban J connectivity index is 1.86. The molecule has 2 aliphatic heterocycles. The van der Waals surface area contributed by atoms with E-state index in [0.717, 1.165) is 6.92 Å². The lowest BCUT2D eigenvalue weighted by molar-refractivity contribution is -0.328. The van der Waals surface area contributed by atoms with E-state index in [1.807, 2.05) is 0 Å². The quantitative estimate of drug-likeness (QED) is 0.113. The minimum Gasteiger partial charge on any atom is -0.472 e. The van der Waals surface area contributed by atoms with Gasteiger partial charge in [-0.2, -0.15) is 0 Å². The summed E-state index contributed by atoms with van der Waals surface area (Å²) in [6.07, 6.45) is -5.48. The van der Waals surface area contributed by atoms with Crippen LogP contribution in [0.25, 0.3) is 0 Å². The molecule has 14 atom stereocenters. The Labute approximate surface area is 319 Å². The van der Waals surface area contributed by atoms with Crippen LogP contribution in [-0.4, -0.2) is 107 Å². The third kappa shape index (κ3) is 6.77. The van der Waals surface area contributed by atoms with Crippen molar-refractivity contribution in [3.8, 4) is 0 Å². The molecule has 1 aromatic heterocycles. The zero-order valence-corrected chi connectivity index (χ0v) is 32.6. The highest BCUT2D eigenvalue weighted by atomic mass is 16.9. The van der Waals surface area contributed by atoms with E-state index in [9.17, 15) is 39.3 Å². The second-order valence-corrected chi connectivity index (χ2v) is 16.0. The number of ether oxygens (including phenoxy) is 7. The zero-order valence-electron chi connectivity index (χ0n) is 32.6. The second kappa shape index (κ2) is 15.3. The Hall–Kier alpha value is -3.83. The van der Waals surface area contributed by atoms with Crippen LogP contribution in [-0.2, 0) is 57.1 Å². The predicted molar refractivity (Wildman–Crippen MR) is 187 cm³/mol. The van der Waals surface area contributed by atoms with Crippen molar-refractivity contribution in [3.05, 3.63) is 36.3 Å². The number of carbonyl (C=O) groups is 5. The highest BCUT2D eigenvalue weighted by molar-refractivity contribution is 5.75. The van der Waals surface area contributed by atoms with E-state index < -0.39 is 119 Å². The van der Waals surface area contributed by atoms with Crippen molar-refractivity contribution >= 4 is 30.3 Å². The molecule has 306 valence electrons. The fourth-order valence-corrected chi connectivity index (χ4v) is 10.0. The number of aliphatic hydroxyl groups excluding tert-OH is 1. The largest absolute Gasteiger partial charge is 0.472 e. The molecule has 1 aromatic rings. The number of hydrogen-bond acceptors (Lipinski definition) is 16. The van der Waals surface area contributed by atoms with E-state index in [2.05, 4.69) is 6.58 Å². The summed E-state index contributed by atoms with van der Waals surface area (Å²) in [7, 11) is 1.18. The number of methoxy groups -OCH3 is 1. The van der Waals surface area contributed by atoms with Gasteiger partial charge in [-0.25, -0.2) is 4.79 Å². The van der Waals surface area contributed by atoms with Gasteiger partial charge < -0.3 is 52.9 Å². The van der Waals surface area contributed by atoms with Crippen molar-refractivity contribution in [3.63, 3.8) is 0 Å². The average molecular weight is 779 g/mol. The summed E-state index contributed by atoms with van der Waals surface area (Å²) >= 11 is 0. The first kappa shape index (κ1) is 42.3. The molecule has 3 heterocycles. The number of carbonyl (C=O) groups excluding carboxylic acids is 5. The Kier molecular flexibility index (Phi) is 11.7. The van der Waals surface area contributed by atoms with Crippen molar-refractivity contribution in [1.82, 2.24) is 0 Å². The van der Waals surface area contributed by atoms with Gasteiger partial charge in [0, 0.05) is 36.5 Å². The van der Waals surface area contributed by atoms with Crippen LogP contribution in [0.1, 0.15) is 92.1 Å². The molecule has 55 heavy (non-hydrogen) atoms. The molecular weight excluding hydrogens is 724 g/mol. The SMILES string of the molecule is C=C1[C@@H]([C@@]2(C)[C@@H](OC(C)=O)C[C@]3(O)OC[C@@](C)(O3)[C@@H]2CC(=O)OC)[C@@H](OC=O)[C@H](OC(=O)[C@H](O)[C@H](C)CC)[C@@]2(C)[C@H](c3ccoc3)C[C@@H](OC(=O)CC)[C@]12O. The van der Waals surface area contributed by atoms with Crippen molar-refractivity contribution in [1.29, 1.82) is 0 Å². The summed E-state index contributed by atoms with van der Waals surface area (Å²) in [5.41, 5.74) is -6.85. The van der Waals surface area contributed by atoms with Gasteiger partial charge in [0.2, 0.25) is 0 Å². The highest BCUT2D eigenvalue weighted by Crippen LogP contribution is 2.70. The molecule has 4 aliphatic rings. The van der Waals surface area contributed by atoms with Crippen LogP contribution in [0.4, 0.5) is 0 Å². The van der Waals surface area contributed by atoms with E-state index in [4.69, 9.17) is 37.6 Å². The van der Waals surface area contributed by atoms with Gasteiger partial charge in [-0.1, -0.05) is 47.6 Å². The number of rotatable bonds is 13. The van der Waals surface area contributed by atoms with Crippen LogP contribution in [0, 0.1) is 28.6 Å². The Morgan fingerprint density at radius 3 is 2.33 bits per heavy atom. The Bertz CT molecular complexity index is 1640. The zero-order chi connectivity index (χ0) is 40.9. The molecule has 0 aromatic carbocycles. The van der Waals surface area contributed by atoms with Crippen LogP contribution in [0.2, 0.25) is 0 Å². The highest BCUT2D eigenvalue weighted by Gasteiger charge is 2.79. The summed E-state index contributed by atoms with van der Waals surface area (Å²) in [4.78, 5) is 66.1. The summed E-state index contributed by atoms with van der Waals surface area (Å²) in [6, 6.07) is 1.64. The molecule has 0 radical (unpaired) electrons. The molecule has 0 amide bonds. The molecule has 4 fully saturated rings. The molecule has 0 spiro atoms. The normalized spacial score (nSPS) is 40.6. The summed E-state index contributed by atoms with van der Waals surface area (Å²) in [5, 5.41) is 36.3. The lowest BCUT2D eigenvalue weighted by atomic mass is 9.46. The molecule has 2 saturated heterocycles. The molecule has 2 aliphatic carbocycles. The third-order valence-corrected chi connectivity index (χ3v) is 13.1. The maximum absolute atomic E-state index is 14.0. The van der Waals surface area contributed by atoms with Crippen LogP contribution < -0.4 is 0 Å². The standard InChI is InChI=1S/C39H54O16/c1-10-20(3)31(44)34(45)54-33-32(50-19-40)30(21(4)39(47)26(53-28(42)11-2)14-24(37(33,39)8)23-12-13-49-17-23)36(7)25(15-29(43)48-9)35(6)18-51-38(46,55-35)16-27(36)52-22(5)41/h12-13,17,19-20,24-27,30-33,44,46-47H,4,10-11,14-16,18H2,1-3,5-9H3/t20-,24+,25+,26-,27+,30-,31-,32-,33+,35-,36-,37-,38+,39-/m1/s1. The van der Waals surface area contributed by atoms with Crippen LogP contribution >= 0.6 is 0 Å². The van der Waals surface area contributed by atoms with Crippen molar-refractivity contribution in [2.24, 2.45) is 28.6 Å². The minimum absolute atomic E-state index is 0.0517. The van der Waals surface area contributed by atoms with Gasteiger partial charge in [0.05, 0.1) is 50.1 Å². The van der Waals surface area contributed by atoms with Gasteiger partial charge in [0.15, 0.2) is 6.10 Å². The molecule has 2 saturated carbocycles. The number of fused-ring (bicyclic) bond motifs is 3. The van der Waals surface area contributed by atoms with E-state index >= 15 is 0 Å². The number of hydrogen-bond donors (Lipinski definition) is 3. The second-order valence-electron chi connectivity index (χ2n) is 16.0. The van der Waals surface area contributed by atoms with Crippen LogP contribution in [0.15, 0.2) is 35.2 Å². The number of aliphatic hydroxyl groups is 3. The lowest BCUT2D eigenvalue weighted by Gasteiger charge is -2.62. The minimum atomic E-state index is -2.32. The summed E-state index contributed by atoms with van der Waals surface area (Å²) < 4.78 is 46.6. The Morgan fingerprint density at radius 2 is 1.76 bits per heavy atom. The number of furan rings is 1. The maximum Gasteiger partial charge on any atom is 0.335 e. The fourth-order valence-electron chi connectivity index (χ4n) is 10.0. The first-order valence-corrected chi connectivity index (χ1v) is 18.6. The molecule has 2 bridgehead atoms. The first-order chi connectivity index (χ1) is 25.7. The van der Waals surface area contributed by atoms with Gasteiger partial charge in [0.1, 0.15) is 30.0 Å².